The average molecular weight is 601 g/mol. The van der Waals surface area contributed by atoms with E-state index in [4.69, 9.17) is 18.5 Å². The number of hydrogen-bond acceptors (Lipinski definition) is 6. The first-order valence-electron chi connectivity index (χ1n) is 15.8. The van der Waals surface area contributed by atoms with Crippen LogP contribution >= 0.6 is 7.82 Å². The molecular formula is C32H59NO7P+. The van der Waals surface area contributed by atoms with Crippen LogP contribution in [0.5, 0.6) is 0 Å². The second-order valence-corrected chi connectivity index (χ2v) is 13.5. The number of hydrogen-bond donors (Lipinski definition) is 1. The molecule has 0 aliphatic heterocycles. The van der Waals surface area contributed by atoms with Gasteiger partial charge in [-0.15, -0.1) is 0 Å². The lowest BCUT2D eigenvalue weighted by atomic mass is 10.0. The molecule has 0 amide bonds. The molecule has 1 aromatic rings. The number of quaternary nitrogens is 1. The molecule has 238 valence electrons. The van der Waals surface area contributed by atoms with Crippen molar-refractivity contribution in [3.63, 3.8) is 0 Å². The van der Waals surface area contributed by atoms with Crippen molar-refractivity contribution in [3.8, 4) is 0 Å². The fraction of sp³-hybridized carbons (Fsp3) is 0.781. The highest BCUT2D eigenvalue weighted by Gasteiger charge is 2.32. The number of ether oxygens (including phenoxy) is 2. The minimum absolute atomic E-state index is 0.00481. The molecule has 0 saturated heterocycles. The Morgan fingerprint density at radius 1 is 0.780 bits per heavy atom. The molecule has 0 aliphatic rings. The molecule has 0 spiro atoms. The molecule has 0 aromatic heterocycles. The van der Waals surface area contributed by atoms with E-state index in [9.17, 15) is 14.3 Å². The minimum atomic E-state index is -4.37. The van der Waals surface area contributed by atoms with Crippen LogP contribution in [-0.4, -0.2) is 69.0 Å². The number of esters is 1. The first-order valence-corrected chi connectivity index (χ1v) is 17.3. The van der Waals surface area contributed by atoms with Gasteiger partial charge in [0.15, 0.2) is 0 Å². The quantitative estimate of drug-likeness (QED) is 0.0499. The van der Waals surface area contributed by atoms with Gasteiger partial charge in [0.2, 0.25) is 0 Å². The zero-order chi connectivity index (χ0) is 30.4. The smallest absolute Gasteiger partial charge is 0.458 e. The van der Waals surface area contributed by atoms with E-state index in [0.717, 1.165) is 18.4 Å². The van der Waals surface area contributed by atoms with E-state index in [-0.39, 0.29) is 25.9 Å². The SMILES string of the molecule is CCCCCCCCCCCCCCCCOCC(COP(=O)(O)OCC(c1ccccc1)[N+](C)(C)C)OC(C)=O. The van der Waals surface area contributed by atoms with Gasteiger partial charge in [0.05, 0.1) is 34.4 Å². The third kappa shape index (κ3) is 20.3. The maximum Gasteiger partial charge on any atom is 0.472 e. The number of likely N-dealkylation sites (N-methyl/N-ethyl adjacent to an activating group) is 1. The molecular weight excluding hydrogens is 541 g/mol. The van der Waals surface area contributed by atoms with Crippen LogP contribution in [0.25, 0.3) is 0 Å². The van der Waals surface area contributed by atoms with Crippen LogP contribution in [0.2, 0.25) is 0 Å². The van der Waals surface area contributed by atoms with Gasteiger partial charge in [-0.1, -0.05) is 121 Å². The summed E-state index contributed by atoms with van der Waals surface area (Å²) in [5, 5.41) is 0. The highest BCUT2D eigenvalue weighted by molar-refractivity contribution is 7.47. The van der Waals surface area contributed by atoms with Crippen molar-refractivity contribution < 1.29 is 37.3 Å². The number of carbonyl (C=O) groups is 1. The van der Waals surface area contributed by atoms with Crippen molar-refractivity contribution in [2.45, 2.75) is 116 Å². The maximum absolute atomic E-state index is 12.6. The maximum atomic E-state index is 12.6. The van der Waals surface area contributed by atoms with E-state index in [1.165, 1.54) is 84.0 Å². The zero-order valence-corrected chi connectivity index (χ0v) is 27.5. The molecule has 9 heteroatoms. The van der Waals surface area contributed by atoms with E-state index >= 15 is 0 Å². The highest BCUT2D eigenvalue weighted by atomic mass is 31.2. The van der Waals surface area contributed by atoms with Crippen LogP contribution in [0.1, 0.15) is 115 Å². The zero-order valence-electron chi connectivity index (χ0n) is 26.6. The molecule has 0 saturated carbocycles. The van der Waals surface area contributed by atoms with Crippen LogP contribution in [0.3, 0.4) is 0 Å². The Bertz CT molecular complexity index is 831. The lowest BCUT2D eigenvalue weighted by Crippen LogP contribution is -2.41. The van der Waals surface area contributed by atoms with Gasteiger partial charge in [0, 0.05) is 19.1 Å². The van der Waals surface area contributed by atoms with Crippen LogP contribution in [0.4, 0.5) is 0 Å². The van der Waals surface area contributed by atoms with E-state index in [1.807, 2.05) is 51.5 Å². The summed E-state index contributed by atoms with van der Waals surface area (Å²) in [6.45, 7) is 3.91. The molecule has 0 fully saturated rings. The normalized spacial score (nSPS) is 14.9. The van der Waals surface area contributed by atoms with Crippen molar-refractivity contribution in [3.05, 3.63) is 35.9 Å². The second-order valence-electron chi connectivity index (χ2n) is 12.0. The summed E-state index contributed by atoms with van der Waals surface area (Å²) in [4.78, 5) is 21.8. The van der Waals surface area contributed by atoms with Gasteiger partial charge >= 0.3 is 13.8 Å². The van der Waals surface area contributed by atoms with Crippen molar-refractivity contribution in [1.29, 1.82) is 0 Å². The lowest BCUT2D eigenvalue weighted by molar-refractivity contribution is -0.902. The first kappa shape index (κ1) is 37.7. The van der Waals surface area contributed by atoms with Crippen LogP contribution < -0.4 is 0 Å². The van der Waals surface area contributed by atoms with Crippen LogP contribution in [0, 0.1) is 0 Å². The fourth-order valence-corrected chi connectivity index (χ4v) is 5.54. The Morgan fingerprint density at radius 2 is 1.27 bits per heavy atom. The van der Waals surface area contributed by atoms with Gasteiger partial charge in [0.1, 0.15) is 18.8 Å². The Hall–Kier alpha value is -1.28. The number of nitrogens with zero attached hydrogens (tertiary/aromatic N) is 1. The third-order valence-electron chi connectivity index (χ3n) is 7.22. The molecule has 41 heavy (non-hydrogen) atoms. The van der Waals surface area contributed by atoms with E-state index in [2.05, 4.69) is 6.92 Å². The summed E-state index contributed by atoms with van der Waals surface area (Å²) in [6, 6.07) is 9.54. The molecule has 1 rings (SSSR count). The lowest BCUT2D eigenvalue weighted by Gasteiger charge is -2.34. The fourth-order valence-electron chi connectivity index (χ4n) is 4.79. The van der Waals surface area contributed by atoms with Crippen LogP contribution in [-0.2, 0) is 27.9 Å². The first-order chi connectivity index (χ1) is 19.5. The molecule has 0 bridgehead atoms. The van der Waals surface area contributed by atoms with E-state index in [1.54, 1.807) is 0 Å². The Morgan fingerprint density at radius 3 is 1.76 bits per heavy atom. The third-order valence-corrected chi connectivity index (χ3v) is 8.17. The van der Waals surface area contributed by atoms with Crippen molar-refractivity contribution in [2.75, 3.05) is 47.6 Å². The number of unbranched alkanes of at least 4 members (excludes halogenated alkanes) is 13. The predicted octanol–water partition coefficient (Wildman–Crippen LogP) is 8.00. The minimum Gasteiger partial charge on any atom is -0.458 e. The van der Waals surface area contributed by atoms with Gasteiger partial charge < -0.3 is 18.9 Å². The molecule has 1 N–H and O–H groups in total. The Balaban J connectivity index is 2.23. The topological polar surface area (TPSA) is 91.3 Å². The molecule has 3 unspecified atom stereocenters. The second kappa shape index (κ2) is 22.3. The highest BCUT2D eigenvalue weighted by Crippen LogP contribution is 2.45. The number of carbonyl (C=O) groups excluding carboxylic acids is 1. The molecule has 0 aliphatic carbocycles. The van der Waals surface area contributed by atoms with E-state index < -0.39 is 19.9 Å². The Labute approximate surface area is 250 Å². The van der Waals surface area contributed by atoms with Crippen molar-refractivity contribution in [2.24, 2.45) is 0 Å². The van der Waals surface area contributed by atoms with Gasteiger partial charge in [-0.3, -0.25) is 13.8 Å². The van der Waals surface area contributed by atoms with Crippen LogP contribution in [0.15, 0.2) is 30.3 Å². The van der Waals surface area contributed by atoms with E-state index in [0.29, 0.717) is 11.1 Å². The standard InChI is InChI=1S/C32H58NO7P/c1-6-7-8-9-10-11-12-13-14-15-16-17-18-22-25-37-26-31(40-29(2)34)27-38-41(35,36)39-28-32(33(3,4)5)30-23-20-19-21-24-30/h19-21,23-24,31-32H,6-18,22,25-28H2,1-5H3/p+1. The molecule has 0 heterocycles. The number of rotatable bonds is 26. The number of phosphoric acid groups is 1. The van der Waals surface area contributed by atoms with Gasteiger partial charge in [0.25, 0.3) is 0 Å². The Kier molecular flexibility index (Phi) is 20.5. The summed E-state index contributed by atoms with van der Waals surface area (Å²) in [6.07, 6.45) is 17.3. The molecule has 3 atom stereocenters. The predicted molar refractivity (Wildman–Crippen MR) is 166 cm³/mol. The number of phosphoric ester groups is 1. The number of benzene rings is 1. The van der Waals surface area contributed by atoms with Crippen molar-refractivity contribution in [1.82, 2.24) is 0 Å². The summed E-state index contributed by atoms with van der Waals surface area (Å²) >= 11 is 0. The van der Waals surface area contributed by atoms with Crippen molar-refractivity contribution >= 4 is 13.8 Å². The van der Waals surface area contributed by atoms with Gasteiger partial charge in [-0.2, -0.15) is 0 Å². The van der Waals surface area contributed by atoms with Gasteiger partial charge in [-0.05, 0) is 6.42 Å². The summed E-state index contributed by atoms with van der Waals surface area (Å²) < 4.78 is 34.6. The average Bonchev–Trinajstić information content (AvgIpc) is 2.91. The summed E-state index contributed by atoms with van der Waals surface area (Å²) in [5.74, 6) is -0.499. The largest absolute Gasteiger partial charge is 0.472 e. The molecule has 1 aromatic carbocycles. The monoisotopic (exact) mass is 600 g/mol. The van der Waals surface area contributed by atoms with Gasteiger partial charge in [-0.25, -0.2) is 4.57 Å². The molecule has 0 radical (unpaired) electrons. The summed E-state index contributed by atoms with van der Waals surface area (Å²) in [7, 11) is 1.62. The molecule has 8 nitrogen and oxygen atoms in total. The summed E-state index contributed by atoms with van der Waals surface area (Å²) in [5.41, 5.74) is 0.995.